The first-order chi connectivity index (χ1) is 16.4. The van der Waals surface area contributed by atoms with Crippen molar-refractivity contribution in [2.45, 2.75) is 38.9 Å². The molecule has 1 fully saturated rings. The molecule has 0 spiro atoms. The molecule has 180 valence electrons. The first-order valence-corrected chi connectivity index (χ1v) is 11.8. The minimum Gasteiger partial charge on any atom is -0.383 e. The fraction of sp³-hybridized carbons (Fsp3) is 0.423. The number of aromatic amines is 1. The highest BCUT2D eigenvalue weighted by atomic mass is 16.5. The molecule has 2 aromatic heterocycles. The Balaban J connectivity index is 1.53. The van der Waals surface area contributed by atoms with Crippen LogP contribution < -0.4 is 15.8 Å². The number of fused-ring (bicyclic) bond motifs is 1. The zero-order valence-corrected chi connectivity index (χ0v) is 20.3. The smallest absolute Gasteiger partial charge is 0.269 e. The number of pyridine rings is 2. The molecule has 1 aliphatic rings. The van der Waals surface area contributed by atoms with Crippen LogP contribution in [0.3, 0.4) is 0 Å². The van der Waals surface area contributed by atoms with E-state index < -0.39 is 0 Å². The quantitative estimate of drug-likeness (QED) is 0.560. The molecule has 8 nitrogen and oxygen atoms in total. The van der Waals surface area contributed by atoms with E-state index in [-0.39, 0.29) is 23.6 Å². The van der Waals surface area contributed by atoms with Crippen molar-refractivity contribution >= 4 is 22.5 Å². The van der Waals surface area contributed by atoms with E-state index >= 15 is 0 Å². The van der Waals surface area contributed by atoms with Crippen LogP contribution >= 0.6 is 0 Å². The Morgan fingerprint density at radius 2 is 2.06 bits per heavy atom. The van der Waals surface area contributed by atoms with Gasteiger partial charge < -0.3 is 19.9 Å². The van der Waals surface area contributed by atoms with Crippen LogP contribution in [0.2, 0.25) is 0 Å². The van der Waals surface area contributed by atoms with Crippen molar-refractivity contribution in [2.24, 2.45) is 0 Å². The van der Waals surface area contributed by atoms with Gasteiger partial charge in [-0.3, -0.25) is 14.5 Å². The van der Waals surface area contributed by atoms with E-state index in [0.29, 0.717) is 12.3 Å². The summed E-state index contributed by atoms with van der Waals surface area (Å²) in [5.74, 6) is -0.190. The summed E-state index contributed by atoms with van der Waals surface area (Å²) in [7, 11) is 3.33. The molecule has 4 rings (SSSR count). The second-order valence-electron chi connectivity index (χ2n) is 8.92. The predicted molar refractivity (Wildman–Crippen MR) is 134 cm³/mol. The standard InChI is InChI=1S/C26H33N5O3/c1-5-19-11-20-7-6-18(10-24(20)29-25(19)32)14-31-17(2)13-30(15-22(31)16-34-4)21-8-9-23(28-12-21)26(33)27-3/h6-12,17,22H,5,13-16H2,1-4H3,(H,27,33)(H,29,32). The average Bonchev–Trinajstić information content (AvgIpc) is 2.85. The Labute approximate surface area is 199 Å². The van der Waals surface area contributed by atoms with Crippen molar-refractivity contribution in [3.63, 3.8) is 0 Å². The number of ether oxygens (including phenoxy) is 1. The van der Waals surface area contributed by atoms with Gasteiger partial charge in [0.2, 0.25) is 0 Å². The van der Waals surface area contributed by atoms with Crippen molar-refractivity contribution in [1.82, 2.24) is 20.2 Å². The van der Waals surface area contributed by atoms with E-state index in [1.807, 2.05) is 19.1 Å². The molecule has 2 atom stereocenters. The molecule has 1 aromatic carbocycles. The summed E-state index contributed by atoms with van der Waals surface area (Å²) in [4.78, 5) is 36.2. The van der Waals surface area contributed by atoms with Crippen LogP contribution in [0.4, 0.5) is 5.69 Å². The summed E-state index contributed by atoms with van der Waals surface area (Å²) in [6, 6.07) is 12.5. The highest BCUT2D eigenvalue weighted by Crippen LogP contribution is 2.25. The van der Waals surface area contributed by atoms with E-state index in [4.69, 9.17) is 4.74 Å². The summed E-state index contributed by atoms with van der Waals surface area (Å²) in [5, 5.41) is 3.66. The largest absolute Gasteiger partial charge is 0.383 e. The van der Waals surface area contributed by atoms with Gasteiger partial charge >= 0.3 is 0 Å². The van der Waals surface area contributed by atoms with Crippen LogP contribution in [-0.2, 0) is 17.7 Å². The Kier molecular flexibility index (Phi) is 7.29. The lowest BCUT2D eigenvalue weighted by Gasteiger charge is -2.46. The van der Waals surface area contributed by atoms with Crippen molar-refractivity contribution in [2.75, 3.05) is 38.8 Å². The number of rotatable bonds is 7. The number of nitrogens with one attached hydrogen (secondary N) is 2. The van der Waals surface area contributed by atoms with Crippen LogP contribution in [0.25, 0.3) is 10.9 Å². The van der Waals surface area contributed by atoms with Gasteiger partial charge in [0.25, 0.3) is 11.5 Å². The summed E-state index contributed by atoms with van der Waals surface area (Å²) >= 11 is 0. The van der Waals surface area contributed by atoms with Gasteiger partial charge in [0, 0.05) is 50.9 Å². The fourth-order valence-electron chi connectivity index (χ4n) is 4.75. The number of hydrogen-bond acceptors (Lipinski definition) is 6. The number of methoxy groups -OCH3 is 1. The van der Waals surface area contributed by atoms with Crippen LogP contribution in [0.15, 0.2) is 47.4 Å². The number of carbonyl (C=O) groups is 1. The maximum atomic E-state index is 12.3. The van der Waals surface area contributed by atoms with Gasteiger partial charge in [-0.05, 0) is 48.6 Å². The number of amides is 1. The van der Waals surface area contributed by atoms with Gasteiger partial charge in [-0.25, -0.2) is 4.98 Å². The second-order valence-corrected chi connectivity index (χ2v) is 8.92. The summed E-state index contributed by atoms with van der Waals surface area (Å²) < 4.78 is 5.57. The van der Waals surface area contributed by atoms with Crippen molar-refractivity contribution in [3.05, 3.63) is 69.8 Å². The predicted octanol–water partition coefficient (Wildman–Crippen LogP) is 2.57. The number of benzene rings is 1. The zero-order valence-electron chi connectivity index (χ0n) is 20.3. The van der Waals surface area contributed by atoms with E-state index in [1.54, 1.807) is 26.4 Å². The van der Waals surface area contributed by atoms with Gasteiger partial charge in [-0.15, -0.1) is 0 Å². The highest BCUT2D eigenvalue weighted by molar-refractivity contribution is 5.92. The molecule has 0 saturated carbocycles. The highest BCUT2D eigenvalue weighted by Gasteiger charge is 2.32. The molecule has 3 aromatic rings. The molecule has 2 N–H and O–H groups in total. The van der Waals surface area contributed by atoms with Crippen molar-refractivity contribution < 1.29 is 9.53 Å². The molecular formula is C26H33N5O3. The number of nitrogens with zero attached hydrogens (tertiary/aromatic N) is 3. The first-order valence-electron chi connectivity index (χ1n) is 11.8. The third kappa shape index (κ3) is 4.98. The Hall–Kier alpha value is -3.23. The average molecular weight is 464 g/mol. The minimum atomic E-state index is -0.190. The van der Waals surface area contributed by atoms with Gasteiger partial charge in [0.05, 0.1) is 24.5 Å². The number of aromatic nitrogens is 2. The maximum absolute atomic E-state index is 12.3. The third-order valence-electron chi connectivity index (χ3n) is 6.62. The lowest BCUT2D eigenvalue weighted by molar-refractivity contribution is 0.0478. The molecule has 34 heavy (non-hydrogen) atoms. The van der Waals surface area contributed by atoms with Crippen LogP contribution in [0, 0.1) is 0 Å². The minimum absolute atomic E-state index is 0.0116. The topological polar surface area (TPSA) is 90.6 Å². The van der Waals surface area contributed by atoms with Gasteiger partial charge in [0.15, 0.2) is 0 Å². The lowest BCUT2D eigenvalue weighted by Crippen LogP contribution is -2.58. The third-order valence-corrected chi connectivity index (χ3v) is 6.62. The normalized spacial score (nSPS) is 18.9. The Morgan fingerprint density at radius 3 is 2.74 bits per heavy atom. The molecule has 2 unspecified atom stereocenters. The number of aryl methyl sites for hydroxylation is 1. The number of piperazine rings is 1. The number of H-pyrrole nitrogens is 1. The molecule has 1 saturated heterocycles. The van der Waals surface area contributed by atoms with Crippen molar-refractivity contribution in [1.29, 1.82) is 0 Å². The van der Waals surface area contributed by atoms with Crippen LogP contribution in [0.1, 0.15) is 35.5 Å². The fourth-order valence-corrected chi connectivity index (χ4v) is 4.75. The second kappa shape index (κ2) is 10.4. The molecule has 0 aliphatic carbocycles. The SMILES string of the molecule is CCc1cc2ccc(CN3C(C)CN(c4ccc(C(=O)NC)nc4)CC3COC)cc2[nH]c1=O. The summed E-state index contributed by atoms with van der Waals surface area (Å²) in [6.45, 7) is 7.22. The summed E-state index contributed by atoms with van der Waals surface area (Å²) in [6.07, 6.45) is 2.48. The Morgan fingerprint density at radius 1 is 1.24 bits per heavy atom. The van der Waals surface area contributed by atoms with E-state index in [0.717, 1.165) is 53.8 Å². The molecule has 1 aliphatic heterocycles. The molecule has 8 heteroatoms. The Bertz CT molecular complexity index is 1210. The molecule has 1 amide bonds. The maximum Gasteiger partial charge on any atom is 0.269 e. The van der Waals surface area contributed by atoms with Gasteiger partial charge in [-0.1, -0.05) is 19.1 Å². The van der Waals surface area contributed by atoms with E-state index in [1.165, 1.54) is 0 Å². The number of anilines is 1. The van der Waals surface area contributed by atoms with E-state index in [2.05, 4.69) is 50.2 Å². The molecule has 0 bridgehead atoms. The molecular weight excluding hydrogens is 430 g/mol. The van der Waals surface area contributed by atoms with Gasteiger partial charge in [0.1, 0.15) is 5.69 Å². The van der Waals surface area contributed by atoms with Crippen LogP contribution in [0.5, 0.6) is 0 Å². The first kappa shape index (κ1) is 23.9. The zero-order chi connectivity index (χ0) is 24.2. The van der Waals surface area contributed by atoms with Crippen LogP contribution in [-0.4, -0.2) is 66.7 Å². The number of carbonyl (C=O) groups excluding carboxylic acids is 1. The van der Waals surface area contributed by atoms with E-state index in [9.17, 15) is 9.59 Å². The molecule has 3 heterocycles. The van der Waals surface area contributed by atoms with Crippen molar-refractivity contribution in [3.8, 4) is 0 Å². The molecule has 0 radical (unpaired) electrons. The summed E-state index contributed by atoms with van der Waals surface area (Å²) in [5.41, 5.74) is 4.23. The van der Waals surface area contributed by atoms with Gasteiger partial charge in [-0.2, -0.15) is 0 Å². The monoisotopic (exact) mass is 463 g/mol. The number of hydrogen-bond donors (Lipinski definition) is 2. The lowest BCUT2D eigenvalue weighted by atomic mass is 10.0.